The lowest BCUT2D eigenvalue weighted by Crippen LogP contribution is -2.30. The second-order valence-electron chi connectivity index (χ2n) is 5.96. The number of rotatable bonds is 4. The van der Waals surface area contributed by atoms with Crippen LogP contribution in [0.3, 0.4) is 0 Å². The van der Waals surface area contributed by atoms with Gasteiger partial charge in [-0.15, -0.1) is 0 Å². The number of ether oxygens (including phenoxy) is 1. The molecule has 0 aromatic heterocycles. The molecule has 0 spiro atoms. The third-order valence-corrected chi connectivity index (χ3v) is 3.96. The van der Waals surface area contributed by atoms with Crippen molar-refractivity contribution in [2.24, 2.45) is 0 Å². The van der Waals surface area contributed by atoms with Crippen LogP contribution in [-0.2, 0) is 9.53 Å². The molecular formula is C21H19NO3. The van der Waals surface area contributed by atoms with Gasteiger partial charge in [0.2, 0.25) is 0 Å². The normalized spacial score (nSPS) is 11.8. The summed E-state index contributed by atoms with van der Waals surface area (Å²) in [6, 6.07) is 20.5. The highest BCUT2D eigenvalue weighted by atomic mass is 16.5. The lowest BCUT2D eigenvalue weighted by molar-refractivity contribution is -0.123. The molecule has 3 rings (SSSR count). The summed E-state index contributed by atoms with van der Waals surface area (Å²) in [5.41, 5.74) is 2.20. The zero-order valence-electron chi connectivity index (χ0n) is 14.2. The first-order chi connectivity index (χ1) is 12.0. The first kappa shape index (κ1) is 16.7. The topological polar surface area (TPSA) is 55.4 Å². The van der Waals surface area contributed by atoms with Crippen molar-refractivity contribution in [2.75, 3.05) is 5.32 Å². The molecule has 3 aromatic rings. The lowest BCUT2D eigenvalue weighted by Gasteiger charge is -2.14. The van der Waals surface area contributed by atoms with E-state index in [0.717, 1.165) is 16.3 Å². The van der Waals surface area contributed by atoms with E-state index in [1.54, 1.807) is 19.1 Å². The minimum absolute atomic E-state index is 0.363. The van der Waals surface area contributed by atoms with Crippen LogP contribution in [0.25, 0.3) is 10.8 Å². The average molecular weight is 333 g/mol. The first-order valence-electron chi connectivity index (χ1n) is 8.10. The van der Waals surface area contributed by atoms with Gasteiger partial charge in [0, 0.05) is 5.69 Å². The van der Waals surface area contributed by atoms with Crippen molar-refractivity contribution in [1.82, 2.24) is 0 Å². The molecule has 0 saturated heterocycles. The first-order valence-corrected chi connectivity index (χ1v) is 8.10. The van der Waals surface area contributed by atoms with Gasteiger partial charge < -0.3 is 10.1 Å². The fourth-order valence-corrected chi connectivity index (χ4v) is 2.48. The Hall–Kier alpha value is -3.14. The number of aryl methyl sites for hydroxylation is 1. The van der Waals surface area contributed by atoms with E-state index in [-0.39, 0.29) is 5.91 Å². The molecule has 126 valence electrons. The number of fused-ring (bicyclic) bond motifs is 1. The van der Waals surface area contributed by atoms with E-state index in [1.165, 1.54) is 0 Å². The molecule has 0 heterocycles. The quantitative estimate of drug-likeness (QED) is 0.723. The Morgan fingerprint density at radius 3 is 2.32 bits per heavy atom. The number of carbonyl (C=O) groups excluding carboxylic acids is 2. The Kier molecular flexibility index (Phi) is 4.80. The van der Waals surface area contributed by atoms with Crippen LogP contribution in [0.15, 0.2) is 66.7 Å². The van der Waals surface area contributed by atoms with E-state index < -0.39 is 12.1 Å². The number of carbonyl (C=O) groups is 2. The van der Waals surface area contributed by atoms with Gasteiger partial charge in [-0.3, -0.25) is 4.79 Å². The van der Waals surface area contributed by atoms with E-state index in [9.17, 15) is 9.59 Å². The zero-order valence-corrected chi connectivity index (χ0v) is 14.2. The van der Waals surface area contributed by atoms with Crippen LogP contribution in [0.4, 0.5) is 5.69 Å². The molecule has 0 aliphatic heterocycles. The smallest absolute Gasteiger partial charge is 0.338 e. The van der Waals surface area contributed by atoms with Gasteiger partial charge >= 0.3 is 5.97 Å². The molecule has 25 heavy (non-hydrogen) atoms. The van der Waals surface area contributed by atoms with Crippen molar-refractivity contribution in [3.63, 3.8) is 0 Å². The van der Waals surface area contributed by atoms with Crippen LogP contribution in [0.2, 0.25) is 0 Å². The summed E-state index contributed by atoms with van der Waals surface area (Å²) in [5, 5.41) is 4.74. The van der Waals surface area contributed by atoms with Gasteiger partial charge in [0.15, 0.2) is 6.10 Å². The van der Waals surface area contributed by atoms with E-state index in [0.29, 0.717) is 11.3 Å². The van der Waals surface area contributed by atoms with Gasteiger partial charge in [-0.2, -0.15) is 0 Å². The number of hydrogen-bond acceptors (Lipinski definition) is 3. The van der Waals surface area contributed by atoms with Crippen LogP contribution < -0.4 is 5.32 Å². The Labute approximate surface area is 146 Å². The maximum atomic E-state index is 12.3. The molecule has 0 bridgehead atoms. The van der Waals surface area contributed by atoms with Crippen LogP contribution >= 0.6 is 0 Å². The molecule has 0 fully saturated rings. The van der Waals surface area contributed by atoms with E-state index in [4.69, 9.17) is 4.74 Å². The highest BCUT2D eigenvalue weighted by Crippen LogP contribution is 2.17. The van der Waals surface area contributed by atoms with Gasteiger partial charge in [0.1, 0.15) is 0 Å². The molecule has 1 amide bonds. The summed E-state index contributed by atoms with van der Waals surface area (Å²) in [6.07, 6.45) is -0.889. The molecule has 4 heteroatoms. The molecule has 0 radical (unpaired) electrons. The number of hydrogen-bond donors (Lipinski definition) is 1. The van der Waals surface area contributed by atoms with Gasteiger partial charge in [-0.25, -0.2) is 4.79 Å². The molecule has 0 unspecified atom stereocenters. The summed E-state index contributed by atoms with van der Waals surface area (Å²) in [4.78, 5) is 24.5. The zero-order chi connectivity index (χ0) is 17.8. The van der Waals surface area contributed by atoms with Gasteiger partial charge in [0.05, 0.1) is 5.56 Å². The van der Waals surface area contributed by atoms with E-state index in [2.05, 4.69) is 5.32 Å². The fourth-order valence-electron chi connectivity index (χ4n) is 2.48. The monoisotopic (exact) mass is 333 g/mol. The van der Waals surface area contributed by atoms with Crippen molar-refractivity contribution in [1.29, 1.82) is 0 Å². The predicted molar refractivity (Wildman–Crippen MR) is 98.6 cm³/mol. The number of esters is 1. The number of benzene rings is 3. The largest absolute Gasteiger partial charge is 0.449 e. The van der Waals surface area contributed by atoms with Crippen molar-refractivity contribution >= 4 is 28.3 Å². The third-order valence-electron chi connectivity index (χ3n) is 3.96. The van der Waals surface area contributed by atoms with Crippen molar-refractivity contribution in [2.45, 2.75) is 20.0 Å². The summed E-state index contributed by atoms with van der Waals surface area (Å²) in [5.74, 6) is -0.879. The second kappa shape index (κ2) is 7.18. The van der Waals surface area contributed by atoms with Crippen LogP contribution in [0.5, 0.6) is 0 Å². The Morgan fingerprint density at radius 2 is 1.60 bits per heavy atom. The van der Waals surface area contributed by atoms with E-state index >= 15 is 0 Å². The molecule has 3 aromatic carbocycles. The Morgan fingerprint density at radius 1 is 0.920 bits per heavy atom. The summed E-state index contributed by atoms with van der Waals surface area (Å²) in [7, 11) is 0. The van der Waals surface area contributed by atoms with E-state index in [1.807, 2.05) is 61.5 Å². The third kappa shape index (κ3) is 4.04. The van der Waals surface area contributed by atoms with Crippen molar-refractivity contribution < 1.29 is 14.3 Å². The maximum Gasteiger partial charge on any atom is 0.338 e. The van der Waals surface area contributed by atoms with Crippen LogP contribution in [-0.4, -0.2) is 18.0 Å². The minimum atomic E-state index is -0.889. The van der Waals surface area contributed by atoms with Crippen molar-refractivity contribution in [3.05, 3.63) is 77.9 Å². The highest BCUT2D eigenvalue weighted by molar-refractivity contribution is 5.99. The van der Waals surface area contributed by atoms with Crippen molar-refractivity contribution in [3.8, 4) is 0 Å². The molecular weight excluding hydrogens is 314 g/mol. The van der Waals surface area contributed by atoms with Crippen LogP contribution in [0, 0.1) is 6.92 Å². The number of nitrogens with one attached hydrogen (secondary N) is 1. The fraction of sp³-hybridized carbons (Fsp3) is 0.143. The lowest BCUT2D eigenvalue weighted by atomic mass is 10.1. The summed E-state index contributed by atoms with van der Waals surface area (Å²) < 4.78 is 5.29. The highest BCUT2D eigenvalue weighted by Gasteiger charge is 2.19. The SMILES string of the molecule is Cc1ccc(NC(=O)[C@H](C)OC(=O)c2ccc3ccccc3c2)cc1. The molecule has 1 N–H and O–H groups in total. The average Bonchev–Trinajstić information content (AvgIpc) is 2.63. The Bertz CT molecular complexity index is 916. The molecule has 0 aliphatic rings. The number of anilines is 1. The van der Waals surface area contributed by atoms with Gasteiger partial charge in [0.25, 0.3) is 5.91 Å². The molecule has 0 aliphatic carbocycles. The Balaban J connectivity index is 1.66. The molecule has 4 nitrogen and oxygen atoms in total. The maximum absolute atomic E-state index is 12.3. The summed E-state index contributed by atoms with van der Waals surface area (Å²) in [6.45, 7) is 3.53. The number of amides is 1. The standard InChI is InChI=1S/C21H19NO3/c1-14-7-11-19(12-8-14)22-20(23)15(2)25-21(24)18-10-9-16-5-3-4-6-17(16)13-18/h3-13,15H,1-2H3,(H,22,23)/t15-/m0/s1. The predicted octanol–water partition coefficient (Wildman–Crippen LogP) is 4.33. The van der Waals surface area contributed by atoms with Crippen LogP contribution in [0.1, 0.15) is 22.8 Å². The van der Waals surface area contributed by atoms with Gasteiger partial charge in [-0.1, -0.05) is 48.0 Å². The van der Waals surface area contributed by atoms with Gasteiger partial charge in [-0.05, 0) is 48.9 Å². The second-order valence-corrected chi connectivity index (χ2v) is 5.96. The minimum Gasteiger partial charge on any atom is -0.449 e. The molecule has 1 atom stereocenters. The summed E-state index contributed by atoms with van der Waals surface area (Å²) >= 11 is 0. The molecule has 0 saturated carbocycles.